The lowest BCUT2D eigenvalue weighted by Crippen LogP contribution is -2.46. The number of hydrogen-bond acceptors (Lipinski definition) is 3. The van der Waals surface area contributed by atoms with E-state index in [2.05, 4.69) is 13.8 Å². The summed E-state index contributed by atoms with van der Waals surface area (Å²) in [6.45, 7) is 6.80. The zero-order valence-corrected chi connectivity index (χ0v) is 12.1. The van der Waals surface area contributed by atoms with Crippen LogP contribution in [0, 0.1) is 5.41 Å². The average molecular weight is 264 g/mol. The normalized spacial score (nSPS) is 25.9. The third-order valence-corrected chi connectivity index (χ3v) is 3.87. The lowest BCUT2D eigenvalue weighted by atomic mass is 9.73. The molecule has 106 valence electrons. The second-order valence-corrected chi connectivity index (χ2v) is 5.89. The van der Waals surface area contributed by atoms with E-state index in [1.54, 1.807) is 0 Å². The van der Waals surface area contributed by atoms with Gasteiger partial charge in [-0.1, -0.05) is 19.9 Å². The summed E-state index contributed by atoms with van der Waals surface area (Å²) in [5.41, 5.74) is -0.0690. The molecule has 0 bridgehead atoms. The fourth-order valence-electron chi connectivity index (χ4n) is 2.67. The molecule has 1 aliphatic carbocycles. The van der Waals surface area contributed by atoms with E-state index in [-0.39, 0.29) is 11.5 Å². The van der Waals surface area contributed by atoms with Crippen LogP contribution in [0.15, 0.2) is 24.3 Å². The van der Waals surface area contributed by atoms with Gasteiger partial charge in [0.1, 0.15) is 17.6 Å². The highest BCUT2D eigenvalue weighted by atomic mass is 16.5. The fourth-order valence-corrected chi connectivity index (χ4v) is 2.67. The van der Waals surface area contributed by atoms with Gasteiger partial charge in [-0.15, -0.1) is 0 Å². The Morgan fingerprint density at radius 3 is 2.79 bits per heavy atom. The Morgan fingerprint density at radius 2 is 2.05 bits per heavy atom. The molecule has 0 heterocycles. The molecule has 0 spiro atoms. The third kappa shape index (κ3) is 3.41. The summed E-state index contributed by atoms with van der Waals surface area (Å²) < 4.78 is 11.4. The van der Waals surface area contributed by atoms with Crippen LogP contribution in [0.5, 0.6) is 11.5 Å². The SMILES string of the molecule is CCOc1cccc(OC2CCCC(C)(C)C2O)c1. The largest absolute Gasteiger partial charge is 0.494 e. The molecule has 1 fully saturated rings. The third-order valence-electron chi connectivity index (χ3n) is 3.87. The predicted octanol–water partition coefficient (Wildman–Crippen LogP) is 3.40. The van der Waals surface area contributed by atoms with Gasteiger partial charge < -0.3 is 14.6 Å². The van der Waals surface area contributed by atoms with Crippen LogP contribution in [0.25, 0.3) is 0 Å². The lowest BCUT2D eigenvalue weighted by molar-refractivity contribution is -0.0690. The van der Waals surface area contributed by atoms with E-state index in [0.717, 1.165) is 30.8 Å². The van der Waals surface area contributed by atoms with Crippen molar-refractivity contribution in [2.45, 2.75) is 52.2 Å². The van der Waals surface area contributed by atoms with Gasteiger partial charge in [0, 0.05) is 6.07 Å². The Hall–Kier alpha value is -1.22. The van der Waals surface area contributed by atoms with Crippen LogP contribution < -0.4 is 9.47 Å². The number of hydrogen-bond donors (Lipinski definition) is 1. The molecule has 1 saturated carbocycles. The van der Waals surface area contributed by atoms with E-state index in [0.29, 0.717) is 6.61 Å². The van der Waals surface area contributed by atoms with Crippen LogP contribution in [0.4, 0.5) is 0 Å². The average Bonchev–Trinajstić information content (AvgIpc) is 2.36. The summed E-state index contributed by atoms with van der Waals surface area (Å²) in [7, 11) is 0. The Morgan fingerprint density at radius 1 is 1.32 bits per heavy atom. The minimum absolute atomic E-state index is 0.0690. The number of rotatable bonds is 4. The molecule has 2 atom stereocenters. The van der Waals surface area contributed by atoms with Gasteiger partial charge in [0.05, 0.1) is 12.7 Å². The first-order chi connectivity index (χ1) is 9.03. The van der Waals surface area contributed by atoms with E-state index in [1.807, 2.05) is 31.2 Å². The quantitative estimate of drug-likeness (QED) is 0.905. The highest BCUT2D eigenvalue weighted by Gasteiger charge is 2.39. The summed E-state index contributed by atoms with van der Waals surface area (Å²) in [5.74, 6) is 1.58. The molecular formula is C16H24O3. The topological polar surface area (TPSA) is 38.7 Å². The van der Waals surface area contributed by atoms with E-state index < -0.39 is 6.10 Å². The van der Waals surface area contributed by atoms with Crippen LogP contribution in [-0.2, 0) is 0 Å². The monoisotopic (exact) mass is 264 g/mol. The van der Waals surface area contributed by atoms with Gasteiger partial charge in [0.2, 0.25) is 0 Å². The molecule has 0 aromatic heterocycles. The van der Waals surface area contributed by atoms with Crippen molar-refractivity contribution >= 4 is 0 Å². The van der Waals surface area contributed by atoms with Crippen LogP contribution in [0.2, 0.25) is 0 Å². The van der Waals surface area contributed by atoms with Crippen molar-refractivity contribution in [2.24, 2.45) is 5.41 Å². The van der Waals surface area contributed by atoms with Gasteiger partial charge in [-0.2, -0.15) is 0 Å². The standard InChI is InChI=1S/C16H24O3/c1-4-18-12-7-5-8-13(11-12)19-14-9-6-10-16(2,3)15(14)17/h5,7-8,11,14-15,17H,4,6,9-10H2,1-3H3. The van der Waals surface area contributed by atoms with Crippen molar-refractivity contribution in [3.8, 4) is 11.5 Å². The first-order valence-corrected chi connectivity index (χ1v) is 7.10. The van der Waals surface area contributed by atoms with Gasteiger partial charge in [-0.3, -0.25) is 0 Å². The molecule has 1 N–H and O–H groups in total. The molecule has 19 heavy (non-hydrogen) atoms. The molecule has 0 radical (unpaired) electrons. The van der Waals surface area contributed by atoms with Crippen molar-refractivity contribution in [2.75, 3.05) is 6.61 Å². The molecule has 1 aromatic rings. The van der Waals surface area contributed by atoms with Crippen molar-refractivity contribution in [3.63, 3.8) is 0 Å². The molecule has 1 aliphatic rings. The van der Waals surface area contributed by atoms with Gasteiger partial charge in [-0.05, 0) is 43.7 Å². The maximum atomic E-state index is 10.4. The lowest BCUT2D eigenvalue weighted by Gasteiger charge is -2.40. The first kappa shape index (κ1) is 14.2. The maximum Gasteiger partial charge on any atom is 0.125 e. The Balaban J connectivity index is 2.06. The van der Waals surface area contributed by atoms with E-state index in [1.165, 1.54) is 0 Å². The van der Waals surface area contributed by atoms with Crippen LogP contribution in [0.3, 0.4) is 0 Å². The highest BCUT2D eigenvalue weighted by Crippen LogP contribution is 2.37. The molecule has 2 rings (SSSR count). The van der Waals surface area contributed by atoms with Gasteiger partial charge in [0.15, 0.2) is 0 Å². The van der Waals surface area contributed by atoms with Gasteiger partial charge in [-0.25, -0.2) is 0 Å². The number of ether oxygens (including phenoxy) is 2. The van der Waals surface area contributed by atoms with Crippen molar-refractivity contribution in [1.29, 1.82) is 0 Å². The van der Waals surface area contributed by atoms with Gasteiger partial charge in [0.25, 0.3) is 0 Å². The van der Waals surface area contributed by atoms with Crippen molar-refractivity contribution in [3.05, 3.63) is 24.3 Å². The predicted molar refractivity (Wildman–Crippen MR) is 75.7 cm³/mol. The first-order valence-electron chi connectivity index (χ1n) is 7.10. The van der Waals surface area contributed by atoms with Gasteiger partial charge >= 0.3 is 0 Å². The van der Waals surface area contributed by atoms with Crippen molar-refractivity contribution < 1.29 is 14.6 Å². The minimum Gasteiger partial charge on any atom is -0.494 e. The summed E-state index contributed by atoms with van der Waals surface area (Å²) in [6, 6.07) is 7.63. The molecule has 3 heteroatoms. The highest BCUT2D eigenvalue weighted by molar-refractivity contribution is 5.33. The maximum absolute atomic E-state index is 10.4. The summed E-state index contributed by atoms with van der Waals surface area (Å²) >= 11 is 0. The molecule has 0 amide bonds. The molecular weight excluding hydrogens is 240 g/mol. The van der Waals surface area contributed by atoms with Crippen molar-refractivity contribution in [1.82, 2.24) is 0 Å². The van der Waals surface area contributed by atoms with Crippen LogP contribution in [0.1, 0.15) is 40.0 Å². The number of aliphatic hydroxyl groups excluding tert-OH is 1. The second-order valence-electron chi connectivity index (χ2n) is 5.89. The molecule has 0 saturated heterocycles. The summed E-state index contributed by atoms with van der Waals surface area (Å²) in [5, 5.41) is 10.4. The number of aliphatic hydroxyl groups is 1. The molecule has 0 aliphatic heterocycles. The number of benzene rings is 1. The molecule has 1 aromatic carbocycles. The Bertz CT molecular complexity index is 414. The molecule has 2 unspecified atom stereocenters. The minimum atomic E-state index is -0.419. The zero-order valence-electron chi connectivity index (χ0n) is 12.1. The van der Waals surface area contributed by atoms with Crippen LogP contribution >= 0.6 is 0 Å². The summed E-state index contributed by atoms with van der Waals surface area (Å²) in [6.07, 6.45) is 2.51. The molecule has 3 nitrogen and oxygen atoms in total. The Labute approximate surface area is 115 Å². The van der Waals surface area contributed by atoms with E-state index >= 15 is 0 Å². The Kier molecular flexibility index (Phi) is 4.35. The van der Waals surface area contributed by atoms with E-state index in [4.69, 9.17) is 9.47 Å². The smallest absolute Gasteiger partial charge is 0.125 e. The zero-order chi connectivity index (χ0) is 13.9. The van der Waals surface area contributed by atoms with Crippen LogP contribution in [-0.4, -0.2) is 23.9 Å². The fraction of sp³-hybridized carbons (Fsp3) is 0.625. The van der Waals surface area contributed by atoms with E-state index in [9.17, 15) is 5.11 Å². The second kappa shape index (κ2) is 5.83. The summed E-state index contributed by atoms with van der Waals surface area (Å²) in [4.78, 5) is 0.